The van der Waals surface area contributed by atoms with Crippen LogP contribution in [0.4, 0.5) is 11.6 Å². The summed E-state index contributed by atoms with van der Waals surface area (Å²) < 4.78 is 121. The molecular formula is C67H116N14O16S4Si4. The summed E-state index contributed by atoms with van der Waals surface area (Å²) in [7, 11) is -17.5. The number of hydrogen-bond donors (Lipinski definition) is 3. The summed E-state index contributed by atoms with van der Waals surface area (Å²) in [5, 5.41) is 9.04. The first-order valence-corrected chi connectivity index (χ1v) is 48.3. The molecule has 590 valence electrons. The lowest BCUT2D eigenvalue weighted by Crippen LogP contribution is -2.66. The van der Waals surface area contributed by atoms with Gasteiger partial charge in [0.15, 0.2) is 78.3 Å². The molecule has 5 aromatic heterocycles. The minimum atomic E-state index is -3.14. The number of amides is 2. The molecular weight excluding hydrogens is 1500 g/mol. The predicted molar refractivity (Wildman–Crippen MR) is 421 cm³/mol. The fraction of sp³-hybridized carbons (Fsp3) is 0.746. The van der Waals surface area contributed by atoms with Crippen LogP contribution >= 0.6 is 24.4 Å². The quantitative estimate of drug-likeness (QED) is 0.0610. The van der Waals surface area contributed by atoms with Crippen molar-refractivity contribution in [1.82, 2.24) is 58.8 Å². The van der Waals surface area contributed by atoms with E-state index in [0.717, 1.165) is 0 Å². The topological polar surface area (TPSA) is 339 Å². The van der Waals surface area contributed by atoms with Crippen LogP contribution in [0.25, 0.3) is 22.3 Å². The largest absolute Gasteiger partial charge is 0.460 e. The summed E-state index contributed by atoms with van der Waals surface area (Å²) in [5.74, 6) is 0.357. The molecule has 105 heavy (non-hydrogen) atoms. The highest BCUT2D eigenvalue weighted by atomic mass is 32.2. The average molecular weight is 1610 g/mol. The normalized spacial score (nSPS) is 25.3. The van der Waals surface area contributed by atoms with E-state index in [1.807, 2.05) is 13.8 Å². The van der Waals surface area contributed by atoms with Gasteiger partial charge in [-0.1, -0.05) is 153 Å². The number of aromatic nitrogens is 10. The fourth-order valence-electron chi connectivity index (χ4n) is 14.0. The Morgan fingerprint density at radius 1 is 0.524 bits per heavy atom. The second-order valence-corrected chi connectivity index (χ2v) is 53.3. The van der Waals surface area contributed by atoms with Gasteiger partial charge in [0.05, 0.1) is 48.9 Å². The minimum absolute atomic E-state index is 0. The molecule has 38 heteroatoms. The molecule has 30 nitrogen and oxygen atoms in total. The van der Waals surface area contributed by atoms with Gasteiger partial charge in [0, 0.05) is 50.4 Å². The van der Waals surface area contributed by atoms with Crippen LogP contribution in [0.1, 0.15) is 166 Å². The molecule has 2 amide bonds. The van der Waals surface area contributed by atoms with Gasteiger partial charge in [0.25, 0.3) is 10.3 Å². The summed E-state index contributed by atoms with van der Waals surface area (Å²) in [6.45, 7) is 44.1. The highest BCUT2D eigenvalue weighted by molar-refractivity contribution is 7.91. The number of nitrogens with zero attached hydrogens (tertiary/aromatic N) is 11. The van der Waals surface area contributed by atoms with Crippen molar-refractivity contribution in [2.45, 2.75) is 247 Å². The Balaban J connectivity index is 0.000000260. The van der Waals surface area contributed by atoms with Gasteiger partial charge in [0.2, 0.25) is 11.8 Å². The zero-order chi connectivity index (χ0) is 75.6. The Bertz CT molecular complexity index is 3940. The Labute approximate surface area is 636 Å². The molecule has 11 rings (SSSR count). The van der Waals surface area contributed by atoms with Crippen LogP contribution in [-0.2, 0) is 74.1 Å². The van der Waals surface area contributed by atoms with Crippen molar-refractivity contribution < 1.29 is 71.3 Å². The van der Waals surface area contributed by atoms with E-state index < -0.39 is 103 Å². The lowest BCUT2D eigenvalue weighted by atomic mass is 10.1. The van der Waals surface area contributed by atoms with Crippen LogP contribution in [0.15, 0.2) is 44.0 Å². The number of carbonyl (C=O) groups is 2. The van der Waals surface area contributed by atoms with E-state index in [9.17, 15) is 26.4 Å². The van der Waals surface area contributed by atoms with Crippen LogP contribution < -0.4 is 16.0 Å². The maximum atomic E-state index is 12.6. The van der Waals surface area contributed by atoms with Crippen molar-refractivity contribution in [3.05, 3.63) is 44.0 Å². The first kappa shape index (κ1) is 87.5. The first-order chi connectivity index (χ1) is 48.3. The number of fused-ring (bicyclic) bond motifs is 4. The van der Waals surface area contributed by atoms with Crippen LogP contribution in [0, 0.1) is 11.8 Å². The molecule has 6 aliphatic rings. The molecule has 11 heterocycles. The Morgan fingerprint density at radius 2 is 0.895 bits per heavy atom. The van der Waals surface area contributed by atoms with E-state index in [2.05, 4.69) is 162 Å². The van der Waals surface area contributed by atoms with E-state index >= 15 is 0 Å². The zero-order valence-corrected chi connectivity index (χ0v) is 70.4. The molecule has 6 fully saturated rings. The van der Waals surface area contributed by atoms with Gasteiger partial charge in [0.1, 0.15) is 43.4 Å². The third kappa shape index (κ3) is 18.7. The maximum absolute atomic E-state index is 12.6. The third-order valence-corrected chi connectivity index (χ3v) is 44.4. The highest BCUT2D eigenvalue weighted by Crippen LogP contribution is 2.52. The van der Waals surface area contributed by atoms with Gasteiger partial charge in [-0.05, 0) is 68.8 Å². The maximum Gasteiger partial charge on any atom is 0.335 e. The summed E-state index contributed by atoms with van der Waals surface area (Å²) >= 11 is 11.6. The molecule has 0 bridgehead atoms. The van der Waals surface area contributed by atoms with E-state index in [1.54, 1.807) is 63.8 Å². The number of hydrogen-bond acceptors (Lipinski definition) is 26. The Morgan fingerprint density at radius 3 is 1.23 bits per heavy atom. The number of thiocarbonyl (C=S) groups is 2. The number of rotatable bonds is 16. The number of anilines is 2. The molecule has 0 saturated carbocycles. The van der Waals surface area contributed by atoms with Crippen molar-refractivity contribution in [2.75, 3.05) is 73.0 Å². The Hall–Kier alpha value is -4.76. The number of nitrogens with one attached hydrogen (secondary N) is 3. The fourth-order valence-corrected chi connectivity index (χ4v) is 39.3. The van der Waals surface area contributed by atoms with E-state index in [4.69, 9.17) is 69.3 Å². The van der Waals surface area contributed by atoms with Crippen LogP contribution in [0.3, 0.4) is 0 Å². The summed E-state index contributed by atoms with van der Waals surface area (Å²) in [4.78, 5) is 57.9. The molecule has 0 aliphatic carbocycles. The van der Waals surface area contributed by atoms with Crippen LogP contribution in [0.5, 0.6) is 0 Å². The lowest BCUT2D eigenvalue weighted by Gasteiger charge is -2.51. The van der Waals surface area contributed by atoms with Crippen molar-refractivity contribution in [3.63, 3.8) is 0 Å². The SMILES string of the molecule is C.C.CC(C)C(=O)Nc1ncnc2c1ncn2[C@@H]1O[C@@H]2CO[Si](C(C)C)(C(C)C)O[Si](C(C)C)(C(C)C)O[C@@H]2C1OC(=S)N1CCS(=O)(=O)CC1.CC(C)C(=O)Nc1ncnc2c1ncn2[C@@H]1O[C@@H]2CO[Si](C(C)C)(C(C)C)O[Si](C(C)C)(C(C)C)O[C@@H]2C1OC(=S)n1ccnc1.O=S1(=O)CCNCC1. The van der Waals surface area contributed by atoms with Crippen molar-refractivity contribution >= 4 is 134 Å². The molecule has 6 aliphatic heterocycles. The number of carbonyl (C=O) groups excluding carboxylic acids is 2. The van der Waals surface area contributed by atoms with Gasteiger partial charge < -0.3 is 65.7 Å². The van der Waals surface area contributed by atoms with Crippen molar-refractivity contribution in [3.8, 4) is 0 Å². The van der Waals surface area contributed by atoms with Crippen LogP contribution in [0.2, 0.25) is 44.3 Å². The van der Waals surface area contributed by atoms with Gasteiger partial charge >= 0.3 is 34.2 Å². The number of imidazole rings is 3. The molecule has 0 spiro atoms. The number of sulfone groups is 2. The molecule has 8 atom stereocenters. The van der Waals surface area contributed by atoms with Gasteiger partial charge in [-0.15, -0.1) is 0 Å². The minimum Gasteiger partial charge on any atom is -0.460 e. The molecule has 6 saturated heterocycles. The lowest BCUT2D eigenvalue weighted by molar-refractivity contribution is -0.119. The van der Waals surface area contributed by atoms with Gasteiger partial charge in [-0.2, -0.15) is 0 Å². The molecule has 3 N–H and O–H groups in total. The Kier molecular flexibility index (Phi) is 29.6. The second kappa shape index (κ2) is 35.5. The standard InChI is InChI=1S/C31H52N6O8S2Si2.C30H47N7O6SSi2.C4H9NO2S.2CH4/c1-18(2)29(38)35-27-24-28(33-16-32-27)37(17-34-24)30-26(43-31(46)36-11-13-47(39,40)14-12-36)25-23(42-30)15-41-48(19(3)4,20(5)6)45-49(44-25,21(7)8)22(9)10;1-17(2)28(38)35-26-23-27(33-14-32-26)37(16-34-23)29-25(41-30(44)36-12-11-31-15-36)24-22(40-29)13-39-45(18(3)4,19(5)6)43-46(42-24,20(7)8)21(9)10;6-8(7)3-1-5-2-4-8;;/h16-23,25-26,30H,11-15H2,1-10H3,(H,32,33,35,38);11-12,14-22,24-25,29H,13H2,1-10H3,(H,32,33,35,38);5H,1-4H2;2*1H4/t23-,25+,26?,30-;22-,24+,25?,29-;;;/m11.../s1. The highest BCUT2D eigenvalue weighted by Gasteiger charge is 2.65. The zero-order valence-electron chi connectivity index (χ0n) is 63.1. The summed E-state index contributed by atoms with van der Waals surface area (Å²) in [6, 6.07) is 0. The predicted octanol–water partition coefficient (Wildman–Crippen LogP) is 10.6. The summed E-state index contributed by atoms with van der Waals surface area (Å²) in [6.07, 6.45) is 5.52. The second-order valence-electron chi connectivity index (χ2n) is 30.3. The molecule has 0 aromatic carbocycles. The molecule has 2 unspecified atom stereocenters. The van der Waals surface area contributed by atoms with E-state index in [1.165, 1.54) is 12.7 Å². The average Bonchev–Trinajstić information content (AvgIpc) is 1.66. The first-order valence-electron chi connectivity index (χ1n) is 35.9. The van der Waals surface area contributed by atoms with Crippen LogP contribution in [-0.4, -0.2) is 226 Å². The number of ether oxygens (including phenoxy) is 4. The smallest absolute Gasteiger partial charge is 0.335 e. The monoisotopic (exact) mass is 1610 g/mol. The van der Waals surface area contributed by atoms with Gasteiger partial charge in [-0.3, -0.25) is 23.3 Å². The van der Waals surface area contributed by atoms with Crippen molar-refractivity contribution in [2.24, 2.45) is 11.8 Å². The van der Waals surface area contributed by atoms with Crippen molar-refractivity contribution in [1.29, 1.82) is 0 Å². The molecule has 5 aromatic rings. The third-order valence-electron chi connectivity index (χ3n) is 20.0. The summed E-state index contributed by atoms with van der Waals surface area (Å²) in [5.41, 5.74) is 2.73. The van der Waals surface area contributed by atoms with E-state index in [0.29, 0.717) is 52.7 Å². The van der Waals surface area contributed by atoms with E-state index in [-0.39, 0.29) is 137 Å². The molecule has 0 radical (unpaired) electrons. The van der Waals surface area contributed by atoms with Gasteiger partial charge in [-0.25, -0.2) is 51.7 Å².